The first-order valence-electron chi connectivity index (χ1n) is 9.81. The van der Waals surface area contributed by atoms with Crippen LogP contribution in [0.3, 0.4) is 0 Å². The standard InChI is InChI=1S/C23H19ClFN3O5S/c24-18-7-11-20(12-8-18)34(32,33)28(14-16-5-9-19(25)10-6-16)15-22(29)27-26-13-17-3-1-2-4-21(17)23(30)31/h1-13H,14-15H2,(H,27,29)(H,30,31)/b26-13-. The second kappa shape index (κ2) is 11.0. The zero-order valence-electron chi connectivity index (χ0n) is 17.6. The number of rotatable bonds is 9. The third kappa shape index (κ3) is 6.47. The van der Waals surface area contributed by atoms with Crippen LogP contribution in [0.15, 0.2) is 82.8 Å². The average Bonchev–Trinajstić information content (AvgIpc) is 2.80. The maximum atomic E-state index is 13.3. The van der Waals surface area contributed by atoms with Gasteiger partial charge in [-0.1, -0.05) is 41.9 Å². The van der Waals surface area contributed by atoms with E-state index in [1.165, 1.54) is 60.7 Å². The SMILES string of the molecule is O=C(CN(Cc1ccc(F)cc1)S(=O)(=O)c1ccc(Cl)cc1)N/N=C\c1ccccc1C(=O)O. The van der Waals surface area contributed by atoms with Crippen molar-refractivity contribution < 1.29 is 27.5 Å². The van der Waals surface area contributed by atoms with Crippen LogP contribution >= 0.6 is 11.6 Å². The fourth-order valence-electron chi connectivity index (χ4n) is 2.95. The summed E-state index contributed by atoms with van der Waals surface area (Å²) in [7, 11) is -4.13. The summed E-state index contributed by atoms with van der Waals surface area (Å²) in [6, 6.07) is 16.7. The van der Waals surface area contributed by atoms with E-state index in [0.717, 1.165) is 10.5 Å². The van der Waals surface area contributed by atoms with E-state index in [1.807, 2.05) is 0 Å². The van der Waals surface area contributed by atoms with E-state index in [-0.39, 0.29) is 22.6 Å². The molecule has 11 heteroatoms. The van der Waals surface area contributed by atoms with Crippen molar-refractivity contribution in [3.05, 3.63) is 100 Å². The average molecular weight is 504 g/mol. The van der Waals surface area contributed by atoms with Gasteiger partial charge in [0.2, 0.25) is 10.0 Å². The maximum absolute atomic E-state index is 13.3. The molecule has 3 aromatic rings. The molecule has 0 heterocycles. The van der Waals surface area contributed by atoms with Crippen LogP contribution in [-0.2, 0) is 21.4 Å². The molecule has 2 N–H and O–H groups in total. The highest BCUT2D eigenvalue weighted by Crippen LogP contribution is 2.20. The molecule has 1 amide bonds. The van der Waals surface area contributed by atoms with E-state index in [0.29, 0.717) is 10.6 Å². The first-order chi connectivity index (χ1) is 16.2. The van der Waals surface area contributed by atoms with E-state index in [1.54, 1.807) is 12.1 Å². The van der Waals surface area contributed by atoms with Crippen molar-refractivity contribution in [2.45, 2.75) is 11.4 Å². The van der Waals surface area contributed by atoms with Crippen molar-refractivity contribution in [3.63, 3.8) is 0 Å². The van der Waals surface area contributed by atoms with Crippen molar-refractivity contribution in [2.75, 3.05) is 6.54 Å². The Labute approximate surface area is 200 Å². The smallest absolute Gasteiger partial charge is 0.336 e. The minimum atomic E-state index is -4.13. The monoisotopic (exact) mass is 503 g/mol. The minimum absolute atomic E-state index is 0.0104. The number of hydrogen-bond acceptors (Lipinski definition) is 5. The van der Waals surface area contributed by atoms with Crippen LogP contribution in [0, 0.1) is 5.82 Å². The van der Waals surface area contributed by atoms with Gasteiger partial charge in [0.05, 0.1) is 23.2 Å². The molecule has 0 aliphatic rings. The van der Waals surface area contributed by atoms with E-state index in [4.69, 9.17) is 11.6 Å². The Morgan fingerprint density at radius 2 is 1.68 bits per heavy atom. The van der Waals surface area contributed by atoms with Crippen molar-refractivity contribution in [2.24, 2.45) is 5.10 Å². The van der Waals surface area contributed by atoms with E-state index >= 15 is 0 Å². The number of hydrogen-bond donors (Lipinski definition) is 2. The highest BCUT2D eigenvalue weighted by molar-refractivity contribution is 7.89. The molecule has 0 radical (unpaired) electrons. The highest BCUT2D eigenvalue weighted by atomic mass is 35.5. The van der Waals surface area contributed by atoms with Gasteiger partial charge in [-0.05, 0) is 48.0 Å². The molecular weight excluding hydrogens is 485 g/mol. The number of carboxylic acid groups (broad SMARTS) is 1. The zero-order chi connectivity index (χ0) is 24.7. The molecule has 3 aromatic carbocycles. The number of benzene rings is 3. The Morgan fingerprint density at radius 1 is 1.03 bits per heavy atom. The number of aromatic carboxylic acids is 1. The van der Waals surface area contributed by atoms with Crippen LogP contribution in [0.25, 0.3) is 0 Å². The second-order valence-corrected chi connectivity index (χ2v) is 9.41. The normalized spacial score (nSPS) is 11.6. The molecule has 0 aliphatic carbocycles. The third-order valence-corrected chi connectivity index (χ3v) is 6.69. The number of halogens is 2. The van der Waals surface area contributed by atoms with Crippen molar-refractivity contribution >= 4 is 39.7 Å². The van der Waals surface area contributed by atoms with E-state index in [2.05, 4.69) is 10.5 Å². The Bertz CT molecular complexity index is 1310. The number of nitrogens with zero attached hydrogens (tertiary/aromatic N) is 2. The summed E-state index contributed by atoms with van der Waals surface area (Å²) >= 11 is 5.85. The molecule has 0 bridgehead atoms. The first kappa shape index (κ1) is 25.0. The molecule has 0 fully saturated rings. The Balaban J connectivity index is 1.80. The van der Waals surface area contributed by atoms with Gasteiger partial charge in [0.15, 0.2) is 0 Å². The molecule has 0 aliphatic heterocycles. The molecule has 8 nitrogen and oxygen atoms in total. The van der Waals surface area contributed by atoms with Gasteiger partial charge in [0, 0.05) is 17.1 Å². The molecule has 3 rings (SSSR count). The molecule has 0 atom stereocenters. The van der Waals surface area contributed by atoms with Gasteiger partial charge in [0.25, 0.3) is 5.91 Å². The van der Waals surface area contributed by atoms with Gasteiger partial charge in [-0.3, -0.25) is 4.79 Å². The number of carboxylic acids is 1. The van der Waals surface area contributed by atoms with E-state index in [9.17, 15) is 27.5 Å². The maximum Gasteiger partial charge on any atom is 0.336 e. The number of hydrazone groups is 1. The molecule has 0 unspecified atom stereocenters. The van der Waals surface area contributed by atoms with Gasteiger partial charge < -0.3 is 5.11 Å². The molecule has 0 saturated carbocycles. The summed E-state index contributed by atoms with van der Waals surface area (Å²) in [4.78, 5) is 23.7. The second-order valence-electron chi connectivity index (χ2n) is 7.04. The Kier molecular flexibility index (Phi) is 8.11. The van der Waals surface area contributed by atoms with Gasteiger partial charge in [0.1, 0.15) is 5.82 Å². The summed E-state index contributed by atoms with van der Waals surface area (Å²) in [6.07, 6.45) is 1.15. The fourth-order valence-corrected chi connectivity index (χ4v) is 4.46. The van der Waals surface area contributed by atoms with Crippen LogP contribution in [0.1, 0.15) is 21.5 Å². The summed E-state index contributed by atoms with van der Waals surface area (Å²) < 4.78 is 40.6. The molecule has 0 aromatic heterocycles. The van der Waals surface area contributed by atoms with Crippen molar-refractivity contribution in [1.82, 2.24) is 9.73 Å². The van der Waals surface area contributed by atoms with Crippen LogP contribution < -0.4 is 5.43 Å². The van der Waals surface area contributed by atoms with Crippen molar-refractivity contribution in [3.8, 4) is 0 Å². The lowest BCUT2D eigenvalue weighted by Crippen LogP contribution is -2.39. The summed E-state index contributed by atoms with van der Waals surface area (Å²) in [5, 5.41) is 13.3. The predicted octanol–water partition coefficient (Wildman–Crippen LogP) is 3.52. The van der Waals surface area contributed by atoms with E-state index < -0.39 is 34.3 Å². The highest BCUT2D eigenvalue weighted by Gasteiger charge is 2.27. The van der Waals surface area contributed by atoms with Gasteiger partial charge in [-0.15, -0.1) is 0 Å². The van der Waals surface area contributed by atoms with Crippen LogP contribution in [0.2, 0.25) is 5.02 Å². The third-order valence-electron chi connectivity index (χ3n) is 4.63. The summed E-state index contributed by atoms with van der Waals surface area (Å²) in [5.41, 5.74) is 2.92. The largest absolute Gasteiger partial charge is 0.478 e. The van der Waals surface area contributed by atoms with Crippen LogP contribution in [0.4, 0.5) is 4.39 Å². The molecule has 0 spiro atoms. The molecule has 176 valence electrons. The first-order valence-corrected chi connectivity index (χ1v) is 11.6. The van der Waals surface area contributed by atoms with Gasteiger partial charge >= 0.3 is 5.97 Å². The molecular formula is C23H19ClFN3O5S. The lowest BCUT2D eigenvalue weighted by molar-refractivity contribution is -0.121. The summed E-state index contributed by atoms with van der Waals surface area (Å²) in [6.45, 7) is -0.801. The quantitative estimate of drug-likeness (QED) is 0.342. The Morgan fingerprint density at radius 3 is 2.32 bits per heavy atom. The number of carbonyl (C=O) groups is 2. The van der Waals surface area contributed by atoms with Gasteiger partial charge in [-0.2, -0.15) is 9.41 Å². The zero-order valence-corrected chi connectivity index (χ0v) is 19.1. The number of nitrogens with one attached hydrogen (secondary N) is 1. The number of sulfonamides is 1. The van der Waals surface area contributed by atoms with Crippen molar-refractivity contribution in [1.29, 1.82) is 0 Å². The van der Waals surface area contributed by atoms with Crippen LogP contribution in [-0.4, -0.2) is 42.5 Å². The lowest BCUT2D eigenvalue weighted by Gasteiger charge is -2.21. The summed E-state index contributed by atoms with van der Waals surface area (Å²) in [5.74, 6) is -2.40. The Hall–Kier alpha value is -3.60. The number of amides is 1. The van der Waals surface area contributed by atoms with Gasteiger partial charge in [-0.25, -0.2) is 23.0 Å². The number of carbonyl (C=O) groups excluding carboxylic acids is 1. The molecule has 34 heavy (non-hydrogen) atoms. The van der Waals surface area contributed by atoms with Crippen LogP contribution in [0.5, 0.6) is 0 Å². The topological polar surface area (TPSA) is 116 Å². The minimum Gasteiger partial charge on any atom is -0.478 e. The fraction of sp³-hybridized carbons (Fsp3) is 0.0870. The lowest BCUT2D eigenvalue weighted by atomic mass is 10.1. The predicted molar refractivity (Wildman–Crippen MR) is 125 cm³/mol. The molecule has 0 saturated heterocycles.